The molecule has 1 saturated heterocycles. The van der Waals surface area contributed by atoms with E-state index in [2.05, 4.69) is 41.8 Å². The highest BCUT2D eigenvalue weighted by atomic mass is 16.2. The first-order valence-corrected chi connectivity index (χ1v) is 7.57. The predicted molar refractivity (Wildman–Crippen MR) is 80.6 cm³/mol. The van der Waals surface area contributed by atoms with Gasteiger partial charge in [-0.15, -0.1) is 0 Å². The molecule has 0 bridgehead atoms. The number of anilines is 1. The van der Waals surface area contributed by atoms with E-state index in [0.29, 0.717) is 13.0 Å². The van der Waals surface area contributed by atoms with Crippen molar-refractivity contribution in [2.45, 2.75) is 38.3 Å². The molecule has 1 aromatic rings. The zero-order chi connectivity index (χ0) is 14.0. The fourth-order valence-corrected chi connectivity index (χ4v) is 3.30. The van der Waals surface area contributed by atoms with Crippen molar-refractivity contribution in [3.8, 4) is 0 Å². The van der Waals surface area contributed by atoms with Gasteiger partial charge < -0.3 is 15.5 Å². The van der Waals surface area contributed by atoms with Gasteiger partial charge in [-0.3, -0.25) is 4.79 Å². The topological polar surface area (TPSA) is 44.4 Å². The third kappa shape index (κ3) is 2.52. The molecule has 1 amide bonds. The molecular formula is C16H23N3O. The number of carbonyl (C=O) groups is 1. The van der Waals surface area contributed by atoms with E-state index in [9.17, 15) is 4.79 Å². The molecule has 2 aliphatic heterocycles. The Morgan fingerprint density at radius 2 is 2.00 bits per heavy atom. The van der Waals surface area contributed by atoms with Crippen LogP contribution in [0.1, 0.15) is 31.7 Å². The van der Waals surface area contributed by atoms with Gasteiger partial charge in [0.2, 0.25) is 5.91 Å². The van der Waals surface area contributed by atoms with Crippen LogP contribution in [-0.4, -0.2) is 36.0 Å². The van der Waals surface area contributed by atoms with Crippen LogP contribution in [0.4, 0.5) is 5.69 Å². The number of carbonyl (C=O) groups excluding carboxylic acids is 1. The molecule has 1 aromatic carbocycles. The summed E-state index contributed by atoms with van der Waals surface area (Å²) in [6, 6.07) is 8.39. The van der Waals surface area contributed by atoms with Crippen LogP contribution >= 0.6 is 0 Å². The molecule has 0 aromatic heterocycles. The van der Waals surface area contributed by atoms with Crippen LogP contribution in [0.3, 0.4) is 0 Å². The highest BCUT2D eigenvalue weighted by Gasteiger charge is 2.37. The minimum atomic E-state index is -0.0771. The molecule has 4 nitrogen and oxygen atoms in total. The van der Waals surface area contributed by atoms with E-state index in [1.54, 1.807) is 0 Å². The first-order chi connectivity index (χ1) is 9.72. The van der Waals surface area contributed by atoms with Gasteiger partial charge in [0.1, 0.15) is 0 Å². The average molecular weight is 273 g/mol. The van der Waals surface area contributed by atoms with Crippen molar-refractivity contribution < 1.29 is 4.79 Å². The largest absolute Gasteiger partial charge is 0.379 e. The molecule has 0 unspecified atom stereocenters. The lowest BCUT2D eigenvalue weighted by Gasteiger charge is -2.42. The normalized spacial score (nSPS) is 21.9. The molecule has 20 heavy (non-hydrogen) atoms. The first kappa shape index (κ1) is 13.4. The summed E-state index contributed by atoms with van der Waals surface area (Å²) in [6.07, 6.45) is 2.62. The van der Waals surface area contributed by atoms with E-state index in [0.717, 1.165) is 32.5 Å². The maximum absolute atomic E-state index is 12.5. The van der Waals surface area contributed by atoms with Gasteiger partial charge in [-0.25, -0.2) is 0 Å². The minimum absolute atomic E-state index is 0.0771. The summed E-state index contributed by atoms with van der Waals surface area (Å²) in [6.45, 7) is 5.52. The fourth-order valence-electron chi connectivity index (χ4n) is 3.30. The van der Waals surface area contributed by atoms with E-state index in [-0.39, 0.29) is 11.4 Å². The number of hydrogen-bond donors (Lipinski definition) is 2. The van der Waals surface area contributed by atoms with Crippen LogP contribution in [0.25, 0.3) is 0 Å². The Hall–Kier alpha value is -1.55. The Morgan fingerprint density at radius 3 is 2.75 bits per heavy atom. The van der Waals surface area contributed by atoms with Gasteiger partial charge in [0.05, 0.1) is 0 Å². The van der Waals surface area contributed by atoms with Gasteiger partial charge in [0.15, 0.2) is 0 Å². The van der Waals surface area contributed by atoms with Gasteiger partial charge in [-0.2, -0.15) is 0 Å². The molecule has 3 rings (SSSR count). The number of nitrogens with one attached hydrogen (secondary N) is 2. The molecule has 0 radical (unpaired) electrons. The van der Waals surface area contributed by atoms with Crippen molar-refractivity contribution in [3.63, 3.8) is 0 Å². The summed E-state index contributed by atoms with van der Waals surface area (Å²) in [5.74, 6) is 0.274. The Bertz CT molecular complexity index is 494. The van der Waals surface area contributed by atoms with Crippen LogP contribution in [0, 0.1) is 0 Å². The number of piperidine rings is 1. The molecule has 0 saturated carbocycles. The fraction of sp³-hybridized carbons (Fsp3) is 0.562. The second-order valence-electron chi connectivity index (χ2n) is 5.90. The minimum Gasteiger partial charge on any atom is -0.379 e. The highest BCUT2D eigenvalue weighted by Crippen LogP contribution is 2.32. The third-order valence-corrected chi connectivity index (χ3v) is 4.56. The molecule has 108 valence electrons. The van der Waals surface area contributed by atoms with Gasteiger partial charge in [0, 0.05) is 30.7 Å². The summed E-state index contributed by atoms with van der Waals surface area (Å²) >= 11 is 0. The Morgan fingerprint density at radius 1 is 1.25 bits per heavy atom. The van der Waals surface area contributed by atoms with E-state index in [4.69, 9.17) is 0 Å². The SMILES string of the molecule is CCN1Cc2ccccc2NC2(CCNCC2)CC1=O. The van der Waals surface area contributed by atoms with Gasteiger partial charge in [-0.05, 0) is 44.5 Å². The zero-order valence-corrected chi connectivity index (χ0v) is 12.1. The van der Waals surface area contributed by atoms with Crippen LogP contribution < -0.4 is 10.6 Å². The number of amides is 1. The van der Waals surface area contributed by atoms with Gasteiger partial charge >= 0.3 is 0 Å². The third-order valence-electron chi connectivity index (χ3n) is 4.56. The molecular weight excluding hydrogens is 250 g/mol. The molecule has 1 spiro atoms. The van der Waals surface area contributed by atoms with Crippen molar-refractivity contribution in [3.05, 3.63) is 29.8 Å². The van der Waals surface area contributed by atoms with Crippen molar-refractivity contribution in [2.24, 2.45) is 0 Å². The lowest BCUT2D eigenvalue weighted by molar-refractivity contribution is -0.133. The smallest absolute Gasteiger partial charge is 0.225 e. The number of fused-ring (bicyclic) bond motifs is 1. The quantitative estimate of drug-likeness (QED) is 0.822. The van der Waals surface area contributed by atoms with Crippen molar-refractivity contribution >= 4 is 11.6 Å². The second kappa shape index (κ2) is 5.44. The van der Waals surface area contributed by atoms with Crippen LogP contribution in [0.5, 0.6) is 0 Å². The number of para-hydroxylation sites is 1. The lowest BCUT2D eigenvalue weighted by atomic mass is 9.83. The van der Waals surface area contributed by atoms with Crippen molar-refractivity contribution in [2.75, 3.05) is 25.0 Å². The van der Waals surface area contributed by atoms with Crippen LogP contribution in [0.15, 0.2) is 24.3 Å². The van der Waals surface area contributed by atoms with Crippen molar-refractivity contribution in [1.29, 1.82) is 0 Å². The van der Waals surface area contributed by atoms with Gasteiger partial charge in [-0.1, -0.05) is 18.2 Å². The van der Waals surface area contributed by atoms with E-state index in [1.165, 1.54) is 11.3 Å². The van der Waals surface area contributed by atoms with Crippen LogP contribution in [0.2, 0.25) is 0 Å². The molecule has 4 heteroatoms. The maximum atomic E-state index is 12.5. The molecule has 1 fully saturated rings. The standard InChI is InChI=1S/C16H23N3O/c1-2-19-12-13-5-3-4-6-14(13)18-16(11-15(19)20)7-9-17-10-8-16/h3-6,17-18H,2,7-12H2,1H3. The molecule has 2 N–H and O–H groups in total. The van der Waals surface area contributed by atoms with E-state index in [1.807, 2.05) is 4.90 Å². The summed E-state index contributed by atoms with van der Waals surface area (Å²) in [7, 11) is 0. The molecule has 0 atom stereocenters. The Labute approximate surface area is 120 Å². The van der Waals surface area contributed by atoms with Crippen LogP contribution in [-0.2, 0) is 11.3 Å². The molecule has 0 aliphatic carbocycles. The highest BCUT2D eigenvalue weighted by molar-refractivity contribution is 5.79. The van der Waals surface area contributed by atoms with Crippen molar-refractivity contribution in [1.82, 2.24) is 10.2 Å². The first-order valence-electron chi connectivity index (χ1n) is 7.57. The monoisotopic (exact) mass is 273 g/mol. The summed E-state index contributed by atoms with van der Waals surface area (Å²) < 4.78 is 0. The second-order valence-corrected chi connectivity index (χ2v) is 5.90. The number of hydrogen-bond acceptors (Lipinski definition) is 3. The zero-order valence-electron chi connectivity index (χ0n) is 12.1. The predicted octanol–water partition coefficient (Wildman–Crippen LogP) is 1.97. The summed E-state index contributed by atoms with van der Waals surface area (Å²) in [5.41, 5.74) is 2.34. The maximum Gasteiger partial charge on any atom is 0.225 e. The number of nitrogens with zero attached hydrogens (tertiary/aromatic N) is 1. The van der Waals surface area contributed by atoms with E-state index < -0.39 is 0 Å². The average Bonchev–Trinajstić information content (AvgIpc) is 2.45. The number of rotatable bonds is 1. The van der Waals surface area contributed by atoms with Gasteiger partial charge in [0.25, 0.3) is 0 Å². The van der Waals surface area contributed by atoms with E-state index >= 15 is 0 Å². The summed E-state index contributed by atoms with van der Waals surface area (Å²) in [5, 5.41) is 7.09. The molecule has 2 aliphatic rings. The summed E-state index contributed by atoms with van der Waals surface area (Å²) in [4.78, 5) is 14.5. The Balaban J connectivity index is 1.98. The number of benzene rings is 1. The lowest BCUT2D eigenvalue weighted by Crippen LogP contribution is -2.52. The molecule has 2 heterocycles. The Kier molecular flexibility index (Phi) is 3.66.